The third kappa shape index (κ3) is 4.00. The topological polar surface area (TPSA) is 65.4 Å². The van der Waals surface area contributed by atoms with E-state index in [1.807, 2.05) is 26.1 Å². The van der Waals surface area contributed by atoms with Crippen molar-refractivity contribution in [2.24, 2.45) is 0 Å². The Labute approximate surface area is 130 Å². The molecule has 1 aromatic heterocycles. The van der Waals surface area contributed by atoms with Crippen LogP contribution in [-0.2, 0) is 6.54 Å². The number of ether oxygens (including phenoxy) is 2. The van der Waals surface area contributed by atoms with Crippen molar-refractivity contribution in [1.82, 2.24) is 15.1 Å². The number of benzene rings is 1. The summed E-state index contributed by atoms with van der Waals surface area (Å²) in [7, 11) is 1.56. The largest absolute Gasteiger partial charge is 0.493 e. The Hall–Kier alpha value is -2.50. The number of nitrogens with zero attached hydrogens (tertiary/aromatic N) is 2. The van der Waals surface area contributed by atoms with Gasteiger partial charge in [-0.05, 0) is 38.1 Å². The number of aromatic nitrogens is 2. The predicted octanol–water partition coefficient (Wildman–Crippen LogP) is 2.11. The van der Waals surface area contributed by atoms with Gasteiger partial charge in [0.1, 0.15) is 0 Å². The third-order valence-corrected chi connectivity index (χ3v) is 3.12. The van der Waals surface area contributed by atoms with Crippen molar-refractivity contribution in [1.29, 1.82) is 0 Å². The Kier molecular flexibility index (Phi) is 5.41. The molecular formula is C16H21N3O3. The fraction of sp³-hybridized carbons (Fsp3) is 0.375. The summed E-state index contributed by atoms with van der Waals surface area (Å²) in [5, 5.41) is 7.07. The van der Waals surface area contributed by atoms with Crippen LogP contribution in [0.2, 0.25) is 0 Å². The zero-order valence-corrected chi connectivity index (χ0v) is 13.1. The fourth-order valence-electron chi connectivity index (χ4n) is 2.13. The summed E-state index contributed by atoms with van der Waals surface area (Å²) in [6.45, 7) is 5.00. The summed E-state index contributed by atoms with van der Waals surface area (Å²) < 4.78 is 12.5. The summed E-state index contributed by atoms with van der Waals surface area (Å²) in [5.74, 6) is 1.03. The van der Waals surface area contributed by atoms with Crippen molar-refractivity contribution in [2.45, 2.75) is 26.4 Å². The van der Waals surface area contributed by atoms with E-state index in [1.165, 1.54) is 0 Å². The van der Waals surface area contributed by atoms with Gasteiger partial charge in [-0.15, -0.1) is 0 Å². The second-order valence-corrected chi connectivity index (χ2v) is 4.90. The Bertz CT molecular complexity index is 611. The number of amides is 1. The van der Waals surface area contributed by atoms with Crippen LogP contribution < -0.4 is 14.8 Å². The molecule has 6 heteroatoms. The van der Waals surface area contributed by atoms with Gasteiger partial charge in [-0.2, -0.15) is 5.10 Å². The first-order chi connectivity index (χ1) is 10.6. The van der Waals surface area contributed by atoms with Crippen LogP contribution in [-0.4, -0.2) is 35.4 Å². The van der Waals surface area contributed by atoms with Crippen LogP contribution in [0.4, 0.5) is 0 Å². The molecule has 22 heavy (non-hydrogen) atoms. The first-order valence-corrected chi connectivity index (χ1v) is 7.23. The molecule has 118 valence electrons. The molecule has 6 nitrogen and oxygen atoms in total. The Morgan fingerprint density at radius 1 is 1.41 bits per heavy atom. The summed E-state index contributed by atoms with van der Waals surface area (Å²) >= 11 is 0. The molecule has 1 atom stereocenters. The lowest BCUT2D eigenvalue weighted by Gasteiger charge is -2.15. The smallest absolute Gasteiger partial charge is 0.251 e. The summed E-state index contributed by atoms with van der Waals surface area (Å²) in [5.41, 5.74) is 0.535. The first-order valence-electron chi connectivity index (χ1n) is 7.23. The molecule has 0 radical (unpaired) electrons. The number of hydrogen-bond acceptors (Lipinski definition) is 4. The maximum absolute atomic E-state index is 12.3. The number of methoxy groups -OCH3 is 1. The maximum atomic E-state index is 12.3. The van der Waals surface area contributed by atoms with E-state index in [-0.39, 0.29) is 11.9 Å². The Balaban J connectivity index is 2.02. The van der Waals surface area contributed by atoms with Gasteiger partial charge in [0.2, 0.25) is 0 Å². The van der Waals surface area contributed by atoms with Crippen LogP contribution in [0.3, 0.4) is 0 Å². The molecule has 0 aliphatic rings. The lowest BCUT2D eigenvalue weighted by atomic mass is 10.1. The zero-order chi connectivity index (χ0) is 15.9. The fourth-order valence-corrected chi connectivity index (χ4v) is 2.13. The third-order valence-electron chi connectivity index (χ3n) is 3.12. The quantitative estimate of drug-likeness (QED) is 0.851. The predicted molar refractivity (Wildman–Crippen MR) is 83.3 cm³/mol. The molecule has 0 aliphatic heterocycles. The van der Waals surface area contributed by atoms with E-state index in [2.05, 4.69) is 10.4 Å². The summed E-state index contributed by atoms with van der Waals surface area (Å²) in [6.07, 6.45) is 3.58. The average molecular weight is 303 g/mol. The van der Waals surface area contributed by atoms with Crippen LogP contribution >= 0.6 is 0 Å². The highest BCUT2D eigenvalue weighted by molar-refractivity contribution is 5.95. The van der Waals surface area contributed by atoms with Gasteiger partial charge in [-0.3, -0.25) is 9.48 Å². The van der Waals surface area contributed by atoms with Gasteiger partial charge in [0, 0.05) is 24.0 Å². The van der Waals surface area contributed by atoms with Gasteiger partial charge >= 0.3 is 0 Å². The molecule has 2 aromatic rings. The van der Waals surface area contributed by atoms with E-state index < -0.39 is 0 Å². The zero-order valence-electron chi connectivity index (χ0n) is 13.1. The molecule has 1 unspecified atom stereocenters. The van der Waals surface area contributed by atoms with Crippen molar-refractivity contribution in [3.8, 4) is 11.5 Å². The van der Waals surface area contributed by atoms with Gasteiger partial charge in [-0.1, -0.05) is 0 Å². The number of hydrogen-bond donors (Lipinski definition) is 1. The number of rotatable bonds is 7. The minimum atomic E-state index is -0.152. The minimum absolute atomic E-state index is 0.0371. The second kappa shape index (κ2) is 7.49. The number of nitrogens with one attached hydrogen (secondary N) is 1. The van der Waals surface area contributed by atoms with Gasteiger partial charge in [0.05, 0.1) is 20.3 Å². The monoisotopic (exact) mass is 303 g/mol. The highest BCUT2D eigenvalue weighted by Crippen LogP contribution is 2.28. The lowest BCUT2D eigenvalue weighted by Crippen LogP contribution is -2.35. The Morgan fingerprint density at radius 2 is 2.23 bits per heavy atom. The van der Waals surface area contributed by atoms with Crippen molar-refractivity contribution in [2.75, 3.05) is 13.7 Å². The van der Waals surface area contributed by atoms with Crippen molar-refractivity contribution in [3.63, 3.8) is 0 Å². The normalized spacial score (nSPS) is 11.8. The highest BCUT2D eigenvalue weighted by Gasteiger charge is 2.13. The average Bonchev–Trinajstić information content (AvgIpc) is 3.00. The Morgan fingerprint density at radius 3 is 2.86 bits per heavy atom. The van der Waals surface area contributed by atoms with E-state index in [1.54, 1.807) is 36.2 Å². The highest BCUT2D eigenvalue weighted by atomic mass is 16.5. The van der Waals surface area contributed by atoms with Gasteiger partial charge in [0.15, 0.2) is 11.5 Å². The van der Waals surface area contributed by atoms with Crippen LogP contribution in [0.5, 0.6) is 11.5 Å². The number of carbonyl (C=O) groups excluding carboxylic acids is 1. The van der Waals surface area contributed by atoms with Crippen molar-refractivity contribution in [3.05, 3.63) is 42.2 Å². The molecule has 2 rings (SSSR count). The van der Waals surface area contributed by atoms with E-state index >= 15 is 0 Å². The minimum Gasteiger partial charge on any atom is -0.493 e. The van der Waals surface area contributed by atoms with Crippen LogP contribution in [0, 0.1) is 0 Å². The lowest BCUT2D eigenvalue weighted by molar-refractivity contribution is 0.0935. The molecule has 1 heterocycles. The van der Waals surface area contributed by atoms with Gasteiger partial charge in [-0.25, -0.2) is 0 Å². The standard InChI is InChI=1S/C16H21N3O3/c1-4-22-14-7-6-13(10-15(14)21-3)16(20)18-12(2)11-19-9-5-8-17-19/h5-10,12H,4,11H2,1-3H3,(H,18,20). The first kappa shape index (κ1) is 15.9. The molecule has 1 aromatic carbocycles. The molecular weight excluding hydrogens is 282 g/mol. The van der Waals surface area contributed by atoms with Crippen LogP contribution in [0.15, 0.2) is 36.7 Å². The van der Waals surface area contributed by atoms with Gasteiger partial charge < -0.3 is 14.8 Å². The molecule has 0 spiro atoms. The molecule has 0 bridgehead atoms. The van der Waals surface area contributed by atoms with E-state index in [4.69, 9.17) is 9.47 Å². The number of carbonyl (C=O) groups is 1. The van der Waals surface area contributed by atoms with Crippen molar-refractivity contribution >= 4 is 5.91 Å². The molecule has 1 N–H and O–H groups in total. The molecule has 0 saturated heterocycles. The van der Waals surface area contributed by atoms with E-state index in [0.29, 0.717) is 30.2 Å². The van der Waals surface area contributed by atoms with Crippen LogP contribution in [0.1, 0.15) is 24.2 Å². The molecule has 0 saturated carbocycles. The summed E-state index contributed by atoms with van der Waals surface area (Å²) in [4.78, 5) is 12.3. The molecule has 1 amide bonds. The van der Waals surface area contributed by atoms with Crippen molar-refractivity contribution < 1.29 is 14.3 Å². The van der Waals surface area contributed by atoms with E-state index in [9.17, 15) is 4.79 Å². The maximum Gasteiger partial charge on any atom is 0.251 e. The summed E-state index contributed by atoms with van der Waals surface area (Å²) in [6, 6.07) is 6.97. The van der Waals surface area contributed by atoms with E-state index in [0.717, 1.165) is 0 Å². The second-order valence-electron chi connectivity index (χ2n) is 4.90. The molecule has 0 aliphatic carbocycles. The van der Waals surface area contributed by atoms with Gasteiger partial charge in [0.25, 0.3) is 5.91 Å². The SMILES string of the molecule is CCOc1ccc(C(=O)NC(C)Cn2cccn2)cc1OC. The molecule has 0 fully saturated rings. The van der Waals surface area contributed by atoms with Crippen LogP contribution in [0.25, 0.3) is 0 Å².